The summed E-state index contributed by atoms with van der Waals surface area (Å²) in [5, 5.41) is 3.53. The summed E-state index contributed by atoms with van der Waals surface area (Å²) in [5.41, 5.74) is 2.38. The van der Waals surface area contributed by atoms with E-state index in [2.05, 4.69) is 77.2 Å². The Morgan fingerprint density at radius 2 is 1.67 bits per heavy atom. The van der Waals surface area contributed by atoms with Crippen LogP contribution in [0.2, 0.25) is 0 Å². The minimum absolute atomic E-state index is 0.791. The average Bonchev–Trinajstić information content (AvgIpc) is 3.11. The van der Waals surface area contributed by atoms with Gasteiger partial charge in [-0.2, -0.15) is 0 Å². The monoisotopic (exact) mass is 434 g/mol. The van der Waals surface area contributed by atoms with Crippen LogP contribution in [0.3, 0.4) is 0 Å². The molecule has 4 heteroatoms. The molecule has 150 valence electrons. The molecule has 0 spiro atoms. The molecule has 27 heavy (non-hydrogen) atoms. The van der Waals surface area contributed by atoms with E-state index in [0.717, 1.165) is 34.6 Å². The zero-order valence-corrected chi connectivity index (χ0v) is 18.8. The number of hydrogen-bond acceptors (Lipinski definition) is 3. The molecule has 3 nitrogen and oxygen atoms in total. The molecular formula is C23H35BrN2O. The quantitative estimate of drug-likeness (QED) is 0.369. The van der Waals surface area contributed by atoms with Gasteiger partial charge in [0.2, 0.25) is 0 Å². The van der Waals surface area contributed by atoms with E-state index in [4.69, 9.17) is 4.42 Å². The van der Waals surface area contributed by atoms with Gasteiger partial charge in [-0.05, 0) is 88.3 Å². The number of rotatable bonds is 13. The van der Waals surface area contributed by atoms with Crippen molar-refractivity contribution in [1.82, 2.24) is 10.2 Å². The first-order valence-electron chi connectivity index (χ1n) is 10.4. The van der Waals surface area contributed by atoms with Gasteiger partial charge in [-0.15, -0.1) is 0 Å². The van der Waals surface area contributed by atoms with Crippen LogP contribution in [0, 0.1) is 6.92 Å². The number of furan rings is 1. The number of benzene rings is 1. The Balaban J connectivity index is 1.73. The Kier molecular flexibility index (Phi) is 10.2. The van der Waals surface area contributed by atoms with Crippen LogP contribution in [0.15, 0.2) is 39.2 Å². The summed E-state index contributed by atoms with van der Waals surface area (Å²) in [7, 11) is 0. The third kappa shape index (κ3) is 7.81. The van der Waals surface area contributed by atoms with Crippen molar-refractivity contribution < 1.29 is 4.42 Å². The Labute approximate surface area is 173 Å². The molecule has 2 rings (SSSR count). The van der Waals surface area contributed by atoms with Gasteiger partial charge in [-0.25, -0.2) is 0 Å². The Morgan fingerprint density at radius 3 is 2.33 bits per heavy atom. The third-order valence-corrected chi connectivity index (χ3v) is 5.39. The van der Waals surface area contributed by atoms with E-state index in [-0.39, 0.29) is 0 Å². The van der Waals surface area contributed by atoms with Gasteiger partial charge in [0.05, 0.1) is 6.54 Å². The molecule has 0 fully saturated rings. The highest BCUT2D eigenvalue weighted by Gasteiger charge is 2.08. The molecule has 0 aliphatic rings. The molecule has 1 N–H and O–H groups in total. The minimum Gasteiger partial charge on any atom is -0.460 e. The third-order valence-electron chi connectivity index (χ3n) is 4.90. The van der Waals surface area contributed by atoms with Crippen LogP contribution >= 0.6 is 15.9 Å². The fraction of sp³-hybridized carbons (Fsp3) is 0.565. The SMILES string of the molecule is CCCCN(CCCC)CCCNCc1ccc(-c2ccc(Br)cc2C)o1. The predicted molar refractivity (Wildman–Crippen MR) is 119 cm³/mol. The largest absolute Gasteiger partial charge is 0.460 e. The average molecular weight is 435 g/mol. The minimum atomic E-state index is 0.791. The van der Waals surface area contributed by atoms with Crippen molar-refractivity contribution in [1.29, 1.82) is 0 Å². The number of hydrogen-bond donors (Lipinski definition) is 1. The lowest BCUT2D eigenvalue weighted by molar-refractivity contribution is 0.260. The van der Waals surface area contributed by atoms with Crippen LogP contribution in [0.5, 0.6) is 0 Å². The van der Waals surface area contributed by atoms with Crippen LogP contribution in [0.1, 0.15) is 57.3 Å². The number of nitrogens with one attached hydrogen (secondary N) is 1. The van der Waals surface area contributed by atoms with Gasteiger partial charge in [0.25, 0.3) is 0 Å². The molecule has 0 saturated heterocycles. The van der Waals surface area contributed by atoms with Crippen molar-refractivity contribution in [3.8, 4) is 11.3 Å². The molecule has 2 aromatic rings. The van der Waals surface area contributed by atoms with Crippen LogP contribution in [0.25, 0.3) is 11.3 Å². The first-order chi connectivity index (χ1) is 13.1. The molecule has 0 amide bonds. The molecule has 1 aromatic heterocycles. The zero-order valence-electron chi connectivity index (χ0n) is 17.2. The molecule has 1 aromatic carbocycles. The van der Waals surface area contributed by atoms with Crippen molar-refractivity contribution in [2.45, 2.75) is 59.4 Å². The first kappa shape index (κ1) is 22.2. The van der Waals surface area contributed by atoms with E-state index < -0.39 is 0 Å². The summed E-state index contributed by atoms with van der Waals surface area (Å²) in [6.07, 6.45) is 6.36. The lowest BCUT2D eigenvalue weighted by atomic mass is 10.1. The summed E-state index contributed by atoms with van der Waals surface area (Å²) < 4.78 is 7.14. The second kappa shape index (κ2) is 12.4. The van der Waals surface area contributed by atoms with Crippen LogP contribution in [-0.2, 0) is 6.54 Å². The molecule has 0 radical (unpaired) electrons. The molecule has 0 aliphatic heterocycles. The summed E-state index contributed by atoms with van der Waals surface area (Å²) in [6, 6.07) is 10.4. The topological polar surface area (TPSA) is 28.4 Å². The van der Waals surface area contributed by atoms with E-state index in [1.165, 1.54) is 57.3 Å². The second-order valence-electron chi connectivity index (χ2n) is 7.30. The fourth-order valence-electron chi connectivity index (χ4n) is 3.26. The van der Waals surface area contributed by atoms with Crippen LogP contribution in [0.4, 0.5) is 0 Å². The maximum atomic E-state index is 6.04. The summed E-state index contributed by atoms with van der Waals surface area (Å²) in [6.45, 7) is 12.1. The number of halogens is 1. The normalized spacial score (nSPS) is 11.4. The van der Waals surface area contributed by atoms with Gasteiger partial charge in [0.1, 0.15) is 11.5 Å². The Bertz CT molecular complexity index is 660. The van der Waals surface area contributed by atoms with E-state index in [1.54, 1.807) is 0 Å². The number of nitrogens with zero attached hydrogens (tertiary/aromatic N) is 1. The van der Waals surface area contributed by atoms with Crippen LogP contribution in [-0.4, -0.2) is 31.1 Å². The lowest BCUT2D eigenvalue weighted by Gasteiger charge is -2.21. The van der Waals surface area contributed by atoms with Crippen LogP contribution < -0.4 is 5.32 Å². The van der Waals surface area contributed by atoms with E-state index in [1.807, 2.05) is 0 Å². The fourth-order valence-corrected chi connectivity index (χ4v) is 3.73. The highest BCUT2D eigenvalue weighted by molar-refractivity contribution is 9.10. The smallest absolute Gasteiger partial charge is 0.134 e. The molecule has 0 saturated carbocycles. The highest BCUT2D eigenvalue weighted by atomic mass is 79.9. The first-order valence-corrected chi connectivity index (χ1v) is 11.2. The summed E-state index contributed by atoms with van der Waals surface area (Å²) in [4.78, 5) is 2.62. The number of aryl methyl sites for hydroxylation is 1. The predicted octanol–water partition coefficient (Wildman–Crippen LogP) is 6.40. The van der Waals surface area contributed by atoms with Gasteiger partial charge in [-0.1, -0.05) is 42.6 Å². The highest BCUT2D eigenvalue weighted by Crippen LogP contribution is 2.27. The molecule has 1 heterocycles. The maximum Gasteiger partial charge on any atom is 0.134 e. The molecule has 0 bridgehead atoms. The van der Waals surface area contributed by atoms with Gasteiger partial charge < -0.3 is 14.6 Å². The molecule has 0 atom stereocenters. The Hall–Kier alpha value is -1.10. The van der Waals surface area contributed by atoms with Crippen molar-refractivity contribution in [2.75, 3.05) is 26.2 Å². The maximum absolute atomic E-state index is 6.04. The van der Waals surface area contributed by atoms with Gasteiger partial charge in [0.15, 0.2) is 0 Å². The van der Waals surface area contributed by atoms with Gasteiger partial charge >= 0.3 is 0 Å². The summed E-state index contributed by atoms with van der Waals surface area (Å²) >= 11 is 3.52. The zero-order chi connectivity index (χ0) is 19.5. The molecule has 0 unspecified atom stereocenters. The van der Waals surface area contributed by atoms with Crippen molar-refractivity contribution in [3.63, 3.8) is 0 Å². The lowest BCUT2D eigenvalue weighted by Crippen LogP contribution is -2.29. The van der Waals surface area contributed by atoms with Gasteiger partial charge in [0, 0.05) is 10.0 Å². The molecule has 0 aliphatic carbocycles. The van der Waals surface area contributed by atoms with Crippen molar-refractivity contribution in [3.05, 3.63) is 46.1 Å². The number of unbranched alkanes of at least 4 members (excludes halogenated alkanes) is 2. The standard InChI is InChI=1S/C23H35BrN2O/c1-4-6-14-26(15-7-5-2)16-8-13-25-18-21-10-12-23(27-21)22-11-9-20(24)17-19(22)3/h9-12,17,25H,4-8,13-16,18H2,1-3H3. The van der Waals surface area contributed by atoms with E-state index in [9.17, 15) is 0 Å². The second-order valence-corrected chi connectivity index (χ2v) is 8.22. The van der Waals surface area contributed by atoms with Crippen molar-refractivity contribution >= 4 is 15.9 Å². The van der Waals surface area contributed by atoms with E-state index >= 15 is 0 Å². The Morgan fingerprint density at radius 1 is 0.963 bits per heavy atom. The summed E-state index contributed by atoms with van der Waals surface area (Å²) in [5.74, 6) is 1.95. The molecular weight excluding hydrogens is 400 g/mol. The van der Waals surface area contributed by atoms with Crippen molar-refractivity contribution in [2.24, 2.45) is 0 Å². The van der Waals surface area contributed by atoms with Gasteiger partial charge in [-0.3, -0.25) is 0 Å². The van der Waals surface area contributed by atoms with E-state index in [0.29, 0.717) is 0 Å².